The van der Waals surface area contributed by atoms with Crippen molar-refractivity contribution in [3.8, 4) is 0 Å². The minimum Gasteiger partial charge on any atom is -0.385 e. The SMILES string of the molecule is CNC/C(N)=N/N=NC(c1ccccc1)(c1ccccc1)c1ccccc1. The molecule has 3 rings (SSSR count). The Balaban J connectivity index is 2.23. The number of nitrogens with one attached hydrogen (secondary N) is 1. The average Bonchev–Trinajstić information content (AvgIpc) is 2.73. The van der Waals surface area contributed by atoms with E-state index >= 15 is 0 Å². The molecular weight excluding hydrogens is 334 g/mol. The molecule has 0 aromatic heterocycles. The maximum atomic E-state index is 5.86. The van der Waals surface area contributed by atoms with Crippen LogP contribution in [0.1, 0.15) is 16.7 Å². The third-order valence-electron chi connectivity index (χ3n) is 4.30. The van der Waals surface area contributed by atoms with Gasteiger partial charge in [-0.25, -0.2) is 0 Å². The van der Waals surface area contributed by atoms with Crippen molar-refractivity contribution in [1.82, 2.24) is 5.32 Å². The first kappa shape index (κ1) is 18.5. The van der Waals surface area contributed by atoms with E-state index in [1.807, 2.05) is 61.6 Å². The lowest BCUT2D eigenvalue weighted by Gasteiger charge is -2.30. The van der Waals surface area contributed by atoms with E-state index in [9.17, 15) is 0 Å². The van der Waals surface area contributed by atoms with Gasteiger partial charge < -0.3 is 11.1 Å². The topological polar surface area (TPSA) is 75.1 Å². The summed E-state index contributed by atoms with van der Waals surface area (Å²) in [5.74, 6) is 0.379. The quantitative estimate of drug-likeness (QED) is 0.221. The van der Waals surface area contributed by atoms with Gasteiger partial charge in [-0.15, -0.1) is 10.2 Å². The van der Waals surface area contributed by atoms with Crippen molar-refractivity contribution in [2.24, 2.45) is 21.2 Å². The summed E-state index contributed by atoms with van der Waals surface area (Å²) in [6.45, 7) is 0.452. The van der Waals surface area contributed by atoms with Crippen LogP contribution < -0.4 is 11.1 Å². The smallest absolute Gasteiger partial charge is 0.159 e. The molecule has 3 aromatic carbocycles. The number of benzene rings is 3. The second kappa shape index (κ2) is 8.87. The molecule has 0 bridgehead atoms. The summed E-state index contributed by atoms with van der Waals surface area (Å²) in [5, 5.41) is 15.9. The van der Waals surface area contributed by atoms with Crippen LogP contribution in [0.25, 0.3) is 0 Å². The molecule has 5 heteroatoms. The van der Waals surface area contributed by atoms with E-state index in [2.05, 4.69) is 52.0 Å². The predicted molar refractivity (Wildman–Crippen MR) is 110 cm³/mol. The molecule has 0 atom stereocenters. The fourth-order valence-electron chi connectivity index (χ4n) is 3.07. The third-order valence-corrected chi connectivity index (χ3v) is 4.30. The molecule has 0 aliphatic carbocycles. The van der Waals surface area contributed by atoms with Crippen LogP contribution in [0.4, 0.5) is 0 Å². The van der Waals surface area contributed by atoms with Gasteiger partial charge in [-0.1, -0.05) is 91.0 Å². The highest BCUT2D eigenvalue weighted by Crippen LogP contribution is 2.40. The van der Waals surface area contributed by atoms with Crippen molar-refractivity contribution in [2.45, 2.75) is 5.54 Å². The minimum absolute atomic E-state index is 0.379. The fraction of sp³-hybridized carbons (Fsp3) is 0.136. The Morgan fingerprint density at radius 1 is 0.778 bits per heavy atom. The molecule has 0 saturated carbocycles. The van der Waals surface area contributed by atoms with Gasteiger partial charge in [0.25, 0.3) is 0 Å². The zero-order valence-electron chi connectivity index (χ0n) is 15.3. The molecule has 0 spiro atoms. The highest BCUT2D eigenvalue weighted by molar-refractivity contribution is 5.82. The Kier molecular flexibility index (Phi) is 6.07. The van der Waals surface area contributed by atoms with Crippen LogP contribution in [0.3, 0.4) is 0 Å². The lowest BCUT2D eigenvalue weighted by Crippen LogP contribution is -2.27. The summed E-state index contributed by atoms with van der Waals surface area (Å²) in [5.41, 5.74) is 8.07. The minimum atomic E-state index is -0.812. The van der Waals surface area contributed by atoms with Crippen LogP contribution in [0, 0.1) is 0 Å². The number of nitrogens with zero attached hydrogens (tertiary/aromatic N) is 3. The number of likely N-dealkylation sites (N-methyl/N-ethyl adjacent to an activating group) is 1. The zero-order chi connectivity index (χ0) is 19.0. The van der Waals surface area contributed by atoms with Crippen LogP contribution >= 0.6 is 0 Å². The molecule has 0 aliphatic rings. The third kappa shape index (κ3) is 4.10. The summed E-state index contributed by atoms with van der Waals surface area (Å²) in [6, 6.07) is 30.3. The molecule has 0 fully saturated rings. The zero-order valence-corrected chi connectivity index (χ0v) is 15.3. The molecule has 0 radical (unpaired) electrons. The Labute approximate surface area is 159 Å². The molecule has 0 heterocycles. The van der Waals surface area contributed by atoms with Gasteiger partial charge in [0.05, 0.1) is 6.54 Å². The van der Waals surface area contributed by atoms with E-state index in [4.69, 9.17) is 10.8 Å². The summed E-state index contributed by atoms with van der Waals surface area (Å²) in [7, 11) is 1.81. The van der Waals surface area contributed by atoms with E-state index in [1.165, 1.54) is 0 Å². The van der Waals surface area contributed by atoms with Gasteiger partial charge in [0, 0.05) is 0 Å². The molecular formula is C22H23N5. The first-order valence-electron chi connectivity index (χ1n) is 8.83. The van der Waals surface area contributed by atoms with Crippen molar-refractivity contribution >= 4 is 5.84 Å². The Morgan fingerprint density at radius 2 is 1.19 bits per heavy atom. The van der Waals surface area contributed by atoms with Crippen molar-refractivity contribution < 1.29 is 0 Å². The molecule has 0 amide bonds. The van der Waals surface area contributed by atoms with Crippen LogP contribution in [-0.2, 0) is 5.54 Å². The lowest BCUT2D eigenvalue weighted by atomic mass is 9.78. The monoisotopic (exact) mass is 357 g/mol. The Hall–Kier alpha value is -3.31. The number of hydrogen-bond acceptors (Lipinski definition) is 3. The fourth-order valence-corrected chi connectivity index (χ4v) is 3.07. The maximum absolute atomic E-state index is 5.86. The molecule has 27 heavy (non-hydrogen) atoms. The molecule has 0 aliphatic heterocycles. The molecule has 3 aromatic rings. The van der Waals surface area contributed by atoms with Crippen LogP contribution in [-0.4, -0.2) is 19.4 Å². The summed E-state index contributed by atoms with van der Waals surface area (Å²) in [6.07, 6.45) is 0. The second-order valence-electron chi connectivity index (χ2n) is 6.12. The first-order valence-corrected chi connectivity index (χ1v) is 8.83. The number of nitrogens with two attached hydrogens (primary N) is 1. The second-order valence-corrected chi connectivity index (χ2v) is 6.12. The van der Waals surface area contributed by atoms with Crippen LogP contribution in [0.15, 0.2) is 106 Å². The number of amidine groups is 1. The summed E-state index contributed by atoms with van der Waals surface area (Å²) in [4.78, 5) is 0. The standard InChI is InChI=1S/C22H23N5/c1-24-17-21(23)25-27-26-22(18-11-5-2-6-12-18,19-13-7-3-8-14-19)20-15-9-4-10-16-20/h2-16,24H,17H2,1H3,(H2,23,25,26). The predicted octanol–water partition coefficient (Wildman–Crippen LogP) is 3.92. The number of rotatable bonds is 7. The molecule has 0 unspecified atom stereocenters. The van der Waals surface area contributed by atoms with Crippen LogP contribution in [0.2, 0.25) is 0 Å². The van der Waals surface area contributed by atoms with Crippen molar-refractivity contribution in [1.29, 1.82) is 0 Å². The maximum Gasteiger partial charge on any atom is 0.159 e. The molecule has 5 nitrogen and oxygen atoms in total. The van der Waals surface area contributed by atoms with E-state index in [0.29, 0.717) is 12.4 Å². The van der Waals surface area contributed by atoms with Crippen molar-refractivity contribution in [2.75, 3.05) is 13.6 Å². The highest BCUT2D eigenvalue weighted by atomic mass is 15.4. The van der Waals surface area contributed by atoms with Gasteiger partial charge >= 0.3 is 0 Å². The van der Waals surface area contributed by atoms with E-state index < -0.39 is 5.54 Å². The van der Waals surface area contributed by atoms with Crippen molar-refractivity contribution in [3.05, 3.63) is 108 Å². The van der Waals surface area contributed by atoms with Gasteiger partial charge in [-0.2, -0.15) is 0 Å². The van der Waals surface area contributed by atoms with E-state index in [1.54, 1.807) is 0 Å². The molecule has 3 N–H and O–H groups in total. The molecule has 0 saturated heterocycles. The highest BCUT2D eigenvalue weighted by Gasteiger charge is 2.36. The van der Waals surface area contributed by atoms with E-state index in [-0.39, 0.29) is 0 Å². The Bertz CT molecular complexity index is 793. The average molecular weight is 357 g/mol. The first-order chi connectivity index (χ1) is 13.3. The van der Waals surface area contributed by atoms with Gasteiger partial charge in [-0.05, 0) is 29.0 Å². The summed E-state index contributed by atoms with van der Waals surface area (Å²) >= 11 is 0. The van der Waals surface area contributed by atoms with Gasteiger partial charge in [0.2, 0.25) is 0 Å². The van der Waals surface area contributed by atoms with Gasteiger partial charge in [-0.3, -0.25) is 0 Å². The van der Waals surface area contributed by atoms with Gasteiger partial charge in [0.15, 0.2) is 5.54 Å². The number of hydrogen-bond donors (Lipinski definition) is 2. The summed E-state index contributed by atoms with van der Waals surface area (Å²) < 4.78 is 0. The van der Waals surface area contributed by atoms with E-state index in [0.717, 1.165) is 16.7 Å². The van der Waals surface area contributed by atoms with Gasteiger partial charge in [0.1, 0.15) is 5.84 Å². The molecule has 136 valence electrons. The largest absolute Gasteiger partial charge is 0.385 e. The van der Waals surface area contributed by atoms with Crippen LogP contribution in [0.5, 0.6) is 0 Å². The van der Waals surface area contributed by atoms with Crippen molar-refractivity contribution in [3.63, 3.8) is 0 Å². The lowest BCUT2D eigenvalue weighted by molar-refractivity contribution is 0.603. The Morgan fingerprint density at radius 3 is 1.56 bits per heavy atom. The normalized spacial score (nSPS) is 12.4.